The van der Waals surface area contributed by atoms with Gasteiger partial charge in [0.2, 0.25) is 0 Å². The molecule has 1 heterocycles. The minimum atomic E-state index is -4.32. The van der Waals surface area contributed by atoms with Crippen LogP contribution in [0.15, 0.2) is 30.5 Å². The molecule has 1 aromatic heterocycles. The highest BCUT2D eigenvalue weighted by molar-refractivity contribution is 5.80. The largest absolute Gasteiger partial charge is 0.416 e. The molecule has 2 nitrogen and oxygen atoms in total. The first kappa shape index (κ1) is 24.8. The van der Waals surface area contributed by atoms with Crippen LogP contribution in [0, 0.1) is 5.41 Å². The summed E-state index contributed by atoms with van der Waals surface area (Å²) in [7, 11) is 0. The van der Waals surface area contributed by atoms with Crippen LogP contribution in [-0.4, -0.2) is 11.2 Å². The van der Waals surface area contributed by atoms with Crippen LogP contribution in [0.25, 0.3) is 10.9 Å². The Hall–Kier alpha value is -1.49. The van der Waals surface area contributed by atoms with Crippen LogP contribution in [0.5, 0.6) is 0 Å². The van der Waals surface area contributed by atoms with Crippen molar-refractivity contribution in [1.82, 2.24) is 4.57 Å². The van der Waals surface area contributed by atoms with E-state index in [1.165, 1.54) is 63.5 Å². The van der Waals surface area contributed by atoms with Gasteiger partial charge in [-0.1, -0.05) is 78.2 Å². The van der Waals surface area contributed by atoms with Crippen LogP contribution in [0.1, 0.15) is 90.5 Å². The number of benzene rings is 1. The highest BCUT2D eigenvalue weighted by Gasteiger charge is 2.30. The SMILES string of the molecule is CC(C)(C)CCCCCCCCCCCOCn1ccc2ccc(C(F)(F)F)cc21. The lowest BCUT2D eigenvalue weighted by molar-refractivity contribution is -0.137. The number of rotatable bonds is 13. The molecule has 0 aliphatic rings. The van der Waals surface area contributed by atoms with Crippen molar-refractivity contribution in [3.63, 3.8) is 0 Å². The Balaban J connectivity index is 1.52. The zero-order valence-corrected chi connectivity index (χ0v) is 18.9. The van der Waals surface area contributed by atoms with Crippen molar-refractivity contribution < 1.29 is 17.9 Å². The summed E-state index contributed by atoms with van der Waals surface area (Å²) in [5, 5.41) is 0.796. The molecule has 1 aromatic carbocycles. The number of nitrogens with zero attached hydrogens (tertiary/aromatic N) is 1. The fraction of sp³-hybridized carbons (Fsp3) is 0.680. The Morgan fingerprint density at radius 1 is 0.800 bits per heavy atom. The van der Waals surface area contributed by atoms with E-state index in [2.05, 4.69) is 20.8 Å². The van der Waals surface area contributed by atoms with E-state index in [4.69, 9.17) is 4.74 Å². The van der Waals surface area contributed by atoms with E-state index < -0.39 is 11.7 Å². The molecular weight excluding hydrogens is 387 g/mol. The second-order valence-corrected chi connectivity index (χ2v) is 9.59. The van der Waals surface area contributed by atoms with Gasteiger partial charge < -0.3 is 9.30 Å². The predicted octanol–water partition coefficient (Wildman–Crippen LogP) is 8.58. The smallest absolute Gasteiger partial charge is 0.361 e. The average molecular weight is 426 g/mol. The highest BCUT2D eigenvalue weighted by Crippen LogP contribution is 2.31. The first-order valence-corrected chi connectivity index (χ1v) is 11.4. The van der Waals surface area contributed by atoms with Gasteiger partial charge in [0.25, 0.3) is 0 Å². The maximum Gasteiger partial charge on any atom is 0.416 e. The van der Waals surface area contributed by atoms with E-state index in [1.807, 2.05) is 6.07 Å². The minimum absolute atomic E-state index is 0.291. The first-order chi connectivity index (χ1) is 14.2. The van der Waals surface area contributed by atoms with Crippen LogP contribution in [0.4, 0.5) is 13.2 Å². The molecule has 0 fully saturated rings. The molecule has 0 unspecified atom stereocenters. The quantitative estimate of drug-likeness (QED) is 0.293. The summed E-state index contributed by atoms with van der Waals surface area (Å²) in [6, 6.07) is 5.66. The fourth-order valence-corrected chi connectivity index (χ4v) is 3.73. The molecule has 0 saturated heterocycles. The molecule has 0 aliphatic carbocycles. The van der Waals surface area contributed by atoms with Crippen LogP contribution in [0.2, 0.25) is 0 Å². The fourth-order valence-electron chi connectivity index (χ4n) is 3.73. The Labute approximate surface area is 179 Å². The van der Waals surface area contributed by atoms with Gasteiger partial charge in [-0.2, -0.15) is 13.2 Å². The topological polar surface area (TPSA) is 14.2 Å². The number of ether oxygens (including phenoxy) is 1. The third kappa shape index (κ3) is 9.11. The van der Waals surface area contributed by atoms with Gasteiger partial charge in [0.1, 0.15) is 6.73 Å². The molecule has 0 spiro atoms. The normalized spacial score (nSPS) is 12.7. The summed E-state index contributed by atoms with van der Waals surface area (Å²) in [5.74, 6) is 0. The lowest BCUT2D eigenvalue weighted by atomic mass is 9.89. The van der Waals surface area contributed by atoms with Gasteiger partial charge in [-0.15, -0.1) is 0 Å². The monoisotopic (exact) mass is 425 g/mol. The maximum absolute atomic E-state index is 12.9. The Kier molecular flexibility index (Phi) is 9.73. The third-order valence-corrected chi connectivity index (χ3v) is 5.55. The molecule has 0 atom stereocenters. The van der Waals surface area contributed by atoms with Crippen molar-refractivity contribution >= 4 is 10.9 Å². The molecule has 0 bridgehead atoms. The van der Waals surface area contributed by atoms with Gasteiger partial charge in [-0.3, -0.25) is 0 Å². The molecule has 30 heavy (non-hydrogen) atoms. The van der Waals surface area contributed by atoms with E-state index >= 15 is 0 Å². The summed E-state index contributed by atoms with van der Waals surface area (Å²) in [6.07, 6.45) is 10.1. The average Bonchev–Trinajstić information content (AvgIpc) is 3.06. The van der Waals surface area contributed by atoms with Crippen molar-refractivity contribution in [2.45, 2.75) is 97.9 Å². The zero-order chi connectivity index (χ0) is 22.0. The van der Waals surface area contributed by atoms with Gasteiger partial charge in [0.15, 0.2) is 0 Å². The van der Waals surface area contributed by atoms with Crippen LogP contribution >= 0.6 is 0 Å². The second kappa shape index (κ2) is 11.8. The molecule has 0 amide bonds. The van der Waals surface area contributed by atoms with Crippen LogP contribution in [0.3, 0.4) is 0 Å². The Morgan fingerprint density at radius 3 is 2.00 bits per heavy atom. The van der Waals surface area contributed by atoms with Crippen molar-refractivity contribution in [2.75, 3.05) is 6.61 Å². The maximum atomic E-state index is 12.9. The number of unbranched alkanes of at least 4 members (excludes halogenated alkanes) is 8. The summed E-state index contributed by atoms with van der Waals surface area (Å²) in [5.41, 5.74) is 0.402. The Morgan fingerprint density at radius 2 is 1.40 bits per heavy atom. The van der Waals surface area contributed by atoms with Crippen molar-refractivity contribution in [1.29, 1.82) is 0 Å². The van der Waals surface area contributed by atoms with Gasteiger partial charge in [-0.05, 0) is 41.8 Å². The molecule has 2 rings (SSSR count). The van der Waals surface area contributed by atoms with Gasteiger partial charge >= 0.3 is 6.18 Å². The molecular formula is C25H38F3NO. The molecule has 2 aromatic rings. The van der Waals surface area contributed by atoms with E-state index in [0.717, 1.165) is 24.3 Å². The summed E-state index contributed by atoms with van der Waals surface area (Å²) in [4.78, 5) is 0. The number of aromatic nitrogens is 1. The number of hydrogen-bond donors (Lipinski definition) is 0. The molecule has 0 saturated carbocycles. The molecule has 170 valence electrons. The van der Waals surface area contributed by atoms with E-state index in [9.17, 15) is 13.2 Å². The number of alkyl halides is 3. The van der Waals surface area contributed by atoms with E-state index in [1.54, 1.807) is 10.8 Å². The zero-order valence-electron chi connectivity index (χ0n) is 18.9. The highest BCUT2D eigenvalue weighted by atomic mass is 19.4. The van der Waals surface area contributed by atoms with E-state index in [-0.39, 0.29) is 0 Å². The number of fused-ring (bicyclic) bond motifs is 1. The Bertz CT molecular complexity index is 743. The number of halogens is 3. The molecule has 0 radical (unpaired) electrons. The van der Waals surface area contributed by atoms with Crippen molar-refractivity contribution in [3.8, 4) is 0 Å². The van der Waals surface area contributed by atoms with Crippen LogP contribution < -0.4 is 0 Å². The summed E-state index contributed by atoms with van der Waals surface area (Å²) >= 11 is 0. The van der Waals surface area contributed by atoms with Gasteiger partial charge in [0.05, 0.1) is 11.1 Å². The minimum Gasteiger partial charge on any atom is -0.361 e. The van der Waals surface area contributed by atoms with Gasteiger partial charge in [0, 0.05) is 12.8 Å². The first-order valence-electron chi connectivity index (χ1n) is 11.4. The third-order valence-electron chi connectivity index (χ3n) is 5.55. The van der Waals surface area contributed by atoms with E-state index in [0.29, 0.717) is 24.3 Å². The van der Waals surface area contributed by atoms with Gasteiger partial charge in [-0.25, -0.2) is 0 Å². The van der Waals surface area contributed by atoms with Crippen molar-refractivity contribution in [2.24, 2.45) is 5.41 Å². The molecule has 0 N–H and O–H groups in total. The standard InChI is InChI=1S/C25H38F3NO/c1-24(2,3)16-11-9-7-5-4-6-8-10-12-18-30-20-29-17-15-21-13-14-22(19-23(21)29)25(26,27)28/h13-15,17,19H,4-12,16,18,20H2,1-3H3. The summed E-state index contributed by atoms with van der Waals surface area (Å²) < 4.78 is 46.2. The molecule has 0 aliphatic heterocycles. The lowest BCUT2D eigenvalue weighted by Crippen LogP contribution is -2.06. The van der Waals surface area contributed by atoms with Crippen molar-refractivity contribution in [3.05, 3.63) is 36.0 Å². The lowest BCUT2D eigenvalue weighted by Gasteiger charge is -2.17. The second-order valence-electron chi connectivity index (χ2n) is 9.59. The predicted molar refractivity (Wildman–Crippen MR) is 119 cm³/mol. The molecule has 5 heteroatoms. The summed E-state index contributed by atoms with van der Waals surface area (Å²) in [6.45, 7) is 7.86. The number of hydrogen-bond acceptors (Lipinski definition) is 1. The van der Waals surface area contributed by atoms with Crippen LogP contribution in [-0.2, 0) is 17.6 Å².